The number of benzene rings is 1. The molecular weight excluding hydrogens is 291 g/mol. The summed E-state index contributed by atoms with van der Waals surface area (Å²) in [6.45, 7) is 1.93. The van der Waals surface area contributed by atoms with Crippen LogP contribution in [0.3, 0.4) is 0 Å². The summed E-state index contributed by atoms with van der Waals surface area (Å²) in [4.78, 5) is 0.853. The van der Waals surface area contributed by atoms with Gasteiger partial charge in [-0.2, -0.15) is 0 Å². The van der Waals surface area contributed by atoms with Crippen molar-refractivity contribution in [3.63, 3.8) is 0 Å². The number of hydrogen-bond acceptors (Lipinski definition) is 2. The Morgan fingerprint density at radius 2 is 2.12 bits per heavy atom. The van der Waals surface area contributed by atoms with Crippen molar-refractivity contribution in [1.29, 1.82) is 0 Å². The summed E-state index contributed by atoms with van der Waals surface area (Å²) in [5.41, 5.74) is 1.58. The van der Waals surface area contributed by atoms with Crippen molar-refractivity contribution in [2.24, 2.45) is 0 Å². The number of halogens is 2. The van der Waals surface area contributed by atoms with E-state index >= 15 is 0 Å². The van der Waals surface area contributed by atoms with Crippen LogP contribution in [-0.2, 0) is 0 Å². The fraction of sp³-hybridized carbons (Fsp3) is 0.167. The topological polar surface area (TPSA) is 20.2 Å². The molecule has 0 saturated heterocycles. The lowest BCUT2D eigenvalue weighted by molar-refractivity contribution is 0.222. The predicted molar refractivity (Wildman–Crippen MR) is 67.2 cm³/mol. The maximum absolute atomic E-state index is 13.3. The zero-order chi connectivity index (χ0) is 11.7. The third kappa shape index (κ3) is 2.05. The van der Waals surface area contributed by atoms with Gasteiger partial charge < -0.3 is 5.11 Å². The summed E-state index contributed by atoms with van der Waals surface area (Å²) >= 11 is 4.63. The van der Waals surface area contributed by atoms with E-state index in [1.807, 2.05) is 18.4 Å². The maximum Gasteiger partial charge on any atom is 0.137 e. The van der Waals surface area contributed by atoms with Gasteiger partial charge in [0.1, 0.15) is 11.9 Å². The highest BCUT2D eigenvalue weighted by atomic mass is 79.9. The molecule has 1 aromatic carbocycles. The van der Waals surface area contributed by atoms with Crippen LogP contribution in [0.5, 0.6) is 0 Å². The van der Waals surface area contributed by atoms with E-state index in [0.29, 0.717) is 10.0 Å². The van der Waals surface area contributed by atoms with Crippen LogP contribution in [-0.4, -0.2) is 5.11 Å². The van der Waals surface area contributed by atoms with Crippen LogP contribution in [0.15, 0.2) is 34.1 Å². The number of rotatable bonds is 2. The van der Waals surface area contributed by atoms with E-state index in [4.69, 9.17) is 0 Å². The predicted octanol–water partition coefficient (Wildman–Crippen LogP) is 4.04. The Kier molecular flexibility index (Phi) is 3.42. The minimum Gasteiger partial charge on any atom is -0.383 e. The summed E-state index contributed by atoms with van der Waals surface area (Å²) < 4.78 is 13.7. The third-order valence-corrected chi connectivity index (χ3v) is 4.33. The Morgan fingerprint density at radius 3 is 2.75 bits per heavy atom. The molecule has 1 nitrogen and oxygen atoms in total. The molecule has 1 aromatic heterocycles. The first-order valence-electron chi connectivity index (χ1n) is 4.77. The van der Waals surface area contributed by atoms with E-state index in [-0.39, 0.29) is 5.82 Å². The van der Waals surface area contributed by atoms with Crippen LogP contribution in [0.1, 0.15) is 22.1 Å². The minimum absolute atomic E-state index is 0.329. The molecule has 1 heterocycles. The molecule has 1 N–H and O–H groups in total. The van der Waals surface area contributed by atoms with Gasteiger partial charge in [-0.15, -0.1) is 11.3 Å². The maximum atomic E-state index is 13.3. The van der Waals surface area contributed by atoms with Gasteiger partial charge in [-0.25, -0.2) is 4.39 Å². The average Bonchev–Trinajstić information content (AvgIpc) is 2.68. The largest absolute Gasteiger partial charge is 0.383 e. The van der Waals surface area contributed by atoms with E-state index < -0.39 is 6.10 Å². The molecule has 0 radical (unpaired) electrons. The Hall–Kier alpha value is -0.710. The second-order valence-electron chi connectivity index (χ2n) is 3.51. The summed E-state index contributed by atoms with van der Waals surface area (Å²) in [5.74, 6) is -0.356. The Balaban J connectivity index is 2.46. The molecule has 0 fully saturated rings. The van der Waals surface area contributed by atoms with E-state index in [1.54, 1.807) is 12.1 Å². The first-order valence-corrected chi connectivity index (χ1v) is 6.44. The van der Waals surface area contributed by atoms with Crippen LogP contribution >= 0.6 is 27.3 Å². The molecule has 2 rings (SSSR count). The molecule has 0 aliphatic heterocycles. The lowest BCUT2D eigenvalue weighted by Gasteiger charge is -2.12. The van der Waals surface area contributed by atoms with Gasteiger partial charge in [-0.3, -0.25) is 0 Å². The van der Waals surface area contributed by atoms with Crippen molar-refractivity contribution in [2.75, 3.05) is 0 Å². The Morgan fingerprint density at radius 1 is 1.38 bits per heavy atom. The summed E-state index contributed by atoms with van der Waals surface area (Å²) in [6.07, 6.45) is -0.773. The first kappa shape index (κ1) is 11.8. The van der Waals surface area contributed by atoms with E-state index in [2.05, 4.69) is 15.9 Å². The lowest BCUT2D eigenvalue weighted by Crippen LogP contribution is -2.01. The van der Waals surface area contributed by atoms with Gasteiger partial charge in [0, 0.05) is 10.4 Å². The molecule has 0 saturated carbocycles. The van der Waals surface area contributed by atoms with Crippen molar-refractivity contribution >= 4 is 27.3 Å². The van der Waals surface area contributed by atoms with Crippen molar-refractivity contribution in [3.8, 4) is 0 Å². The first-order chi connectivity index (χ1) is 7.61. The van der Waals surface area contributed by atoms with E-state index in [1.165, 1.54) is 17.4 Å². The Labute approximate surface area is 106 Å². The fourth-order valence-electron chi connectivity index (χ4n) is 1.54. The van der Waals surface area contributed by atoms with Crippen LogP contribution in [0.25, 0.3) is 0 Å². The molecule has 84 valence electrons. The number of aliphatic hydroxyl groups excluding tert-OH is 1. The molecule has 0 bridgehead atoms. The molecule has 2 aromatic rings. The minimum atomic E-state index is -0.773. The number of aryl methyl sites for hydroxylation is 1. The number of hydrogen-bond donors (Lipinski definition) is 1. The summed E-state index contributed by atoms with van der Waals surface area (Å²) in [6, 6.07) is 6.62. The normalized spacial score (nSPS) is 12.8. The Bertz CT molecular complexity index is 509. The zero-order valence-electron chi connectivity index (χ0n) is 8.58. The molecular formula is C12H10BrFOS. The van der Waals surface area contributed by atoms with Gasteiger partial charge in [-0.05, 0) is 45.9 Å². The highest BCUT2D eigenvalue weighted by Crippen LogP contribution is 2.34. The van der Waals surface area contributed by atoms with Crippen LogP contribution in [0, 0.1) is 12.7 Å². The van der Waals surface area contributed by atoms with Crippen LogP contribution in [0.2, 0.25) is 0 Å². The third-order valence-electron chi connectivity index (χ3n) is 2.43. The summed E-state index contributed by atoms with van der Waals surface area (Å²) in [7, 11) is 0. The van der Waals surface area contributed by atoms with Crippen LogP contribution < -0.4 is 0 Å². The van der Waals surface area contributed by atoms with Gasteiger partial charge in [0.15, 0.2) is 0 Å². The molecule has 0 aliphatic carbocycles. The smallest absolute Gasteiger partial charge is 0.137 e. The van der Waals surface area contributed by atoms with Gasteiger partial charge >= 0.3 is 0 Å². The quantitative estimate of drug-likeness (QED) is 0.887. The van der Waals surface area contributed by atoms with E-state index in [0.717, 1.165) is 10.4 Å². The van der Waals surface area contributed by atoms with Gasteiger partial charge in [-0.1, -0.05) is 12.1 Å². The van der Waals surface area contributed by atoms with E-state index in [9.17, 15) is 9.50 Å². The van der Waals surface area contributed by atoms with Gasteiger partial charge in [0.05, 0.1) is 4.47 Å². The molecule has 4 heteroatoms. The molecule has 1 unspecified atom stereocenters. The number of aliphatic hydroxyl groups is 1. The lowest BCUT2D eigenvalue weighted by atomic mass is 10.1. The standard InChI is InChI=1S/C12H10BrFOS/c1-7-5-6-16-12(7)11(15)8-3-2-4-9(14)10(8)13/h2-6,11,15H,1H3. The average molecular weight is 301 g/mol. The second kappa shape index (κ2) is 4.65. The molecule has 1 atom stereocenters. The molecule has 0 amide bonds. The SMILES string of the molecule is Cc1ccsc1C(O)c1cccc(F)c1Br. The second-order valence-corrected chi connectivity index (χ2v) is 5.25. The molecule has 0 spiro atoms. The van der Waals surface area contributed by atoms with Gasteiger partial charge in [0.25, 0.3) is 0 Å². The molecule has 16 heavy (non-hydrogen) atoms. The van der Waals surface area contributed by atoms with Crippen molar-refractivity contribution < 1.29 is 9.50 Å². The highest BCUT2D eigenvalue weighted by Gasteiger charge is 2.18. The molecule has 0 aliphatic rings. The van der Waals surface area contributed by atoms with Crippen molar-refractivity contribution in [2.45, 2.75) is 13.0 Å². The van der Waals surface area contributed by atoms with Crippen molar-refractivity contribution in [3.05, 3.63) is 55.9 Å². The fourth-order valence-corrected chi connectivity index (χ4v) is 2.95. The zero-order valence-corrected chi connectivity index (χ0v) is 11.0. The highest BCUT2D eigenvalue weighted by molar-refractivity contribution is 9.10. The van der Waals surface area contributed by atoms with Crippen molar-refractivity contribution in [1.82, 2.24) is 0 Å². The van der Waals surface area contributed by atoms with Gasteiger partial charge in [0.2, 0.25) is 0 Å². The monoisotopic (exact) mass is 300 g/mol. The van der Waals surface area contributed by atoms with Crippen LogP contribution in [0.4, 0.5) is 4.39 Å². The number of thiophene rings is 1. The summed E-state index contributed by atoms with van der Waals surface area (Å²) in [5, 5.41) is 12.1.